The molecule has 0 saturated carbocycles. The van der Waals surface area contributed by atoms with E-state index in [1.807, 2.05) is 36.4 Å². The average molecular weight is 375 g/mol. The zero-order valence-electron chi connectivity index (χ0n) is 14.9. The maximum atomic E-state index is 12.0. The molecule has 0 radical (unpaired) electrons. The summed E-state index contributed by atoms with van der Waals surface area (Å²) in [6.45, 7) is 0.136. The third-order valence-corrected chi connectivity index (χ3v) is 4.21. The molecule has 4 rings (SSSR count). The summed E-state index contributed by atoms with van der Waals surface area (Å²) in [6, 6.07) is 19.8. The first-order chi connectivity index (χ1) is 13.7. The molecule has 140 valence electrons. The third kappa shape index (κ3) is 3.96. The van der Waals surface area contributed by atoms with Crippen LogP contribution in [0.1, 0.15) is 5.76 Å². The molecule has 6 heteroatoms. The van der Waals surface area contributed by atoms with E-state index < -0.39 is 5.63 Å². The van der Waals surface area contributed by atoms with E-state index in [0.717, 1.165) is 16.5 Å². The third-order valence-electron chi connectivity index (χ3n) is 4.21. The molecule has 0 aliphatic rings. The van der Waals surface area contributed by atoms with Gasteiger partial charge in [0, 0.05) is 17.5 Å². The largest absolute Gasteiger partial charge is 0.484 e. The summed E-state index contributed by atoms with van der Waals surface area (Å²) in [5.41, 5.74) is 1.67. The fourth-order valence-electron chi connectivity index (χ4n) is 2.89. The van der Waals surface area contributed by atoms with Crippen molar-refractivity contribution in [3.63, 3.8) is 0 Å². The quantitative estimate of drug-likeness (QED) is 0.519. The van der Waals surface area contributed by atoms with Crippen LogP contribution in [0.4, 0.5) is 0 Å². The van der Waals surface area contributed by atoms with Crippen LogP contribution in [0.2, 0.25) is 0 Å². The average Bonchev–Trinajstić information content (AvgIpc) is 3.24. The standard InChI is InChI=1S/C22H17NO5/c24-21(23-13-17-7-4-10-26-17)14-27-16-8-9-18-19(15-5-2-1-3-6-15)12-22(25)28-20(18)11-16/h1-12H,13-14H2,(H,23,24). The molecule has 0 aliphatic carbocycles. The van der Waals surface area contributed by atoms with Gasteiger partial charge in [-0.05, 0) is 35.4 Å². The molecule has 0 atom stereocenters. The smallest absolute Gasteiger partial charge is 0.336 e. The first-order valence-electron chi connectivity index (χ1n) is 8.74. The molecule has 0 aliphatic heterocycles. The van der Waals surface area contributed by atoms with Crippen LogP contribution >= 0.6 is 0 Å². The van der Waals surface area contributed by atoms with Crippen molar-refractivity contribution in [1.82, 2.24) is 5.32 Å². The number of hydrogen-bond donors (Lipinski definition) is 1. The van der Waals surface area contributed by atoms with Gasteiger partial charge in [-0.15, -0.1) is 0 Å². The number of ether oxygens (including phenoxy) is 1. The van der Waals surface area contributed by atoms with Crippen molar-refractivity contribution in [3.8, 4) is 16.9 Å². The highest BCUT2D eigenvalue weighted by Gasteiger charge is 2.10. The molecule has 0 fully saturated rings. The number of carbonyl (C=O) groups is 1. The van der Waals surface area contributed by atoms with Crippen molar-refractivity contribution >= 4 is 16.9 Å². The van der Waals surface area contributed by atoms with Crippen LogP contribution in [-0.2, 0) is 11.3 Å². The van der Waals surface area contributed by atoms with E-state index in [9.17, 15) is 9.59 Å². The summed E-state index contributed by atoms with van der Waals surface area (Å²) < 4.78 is 16.0. The summed E-state index contributed by atoms with van der Waals surface area (Å²) in [6.07, 6.45) is 1.55. The highest BCUT2D eigenvalue weighted by molar-refractivity contribution is 5.93. The Kier molecular flexibility index (Phi) is 4.93. The minimum Gasteiger partial charge on any atom is -0.484 e. The van der Waals surface area contributed by atoms with Gasteiger partial charge in [0.25, 0.3) is 5.91 Å². The second-order valence-corrected chi connectivity index (χ2v) is 6.15. The molecule has 4 aromatic rings. The Labute approximate surface area is 160 Å². The second kappa shape index (κ2) is 7.84. The normalized spacial score (nSPS) is 10.7. The fraction of sp³-hybridized carbons (Fsp3) is 0.0909. The molecule has 1 amide bonds. The summed E-state index contributed by atoms with van der Waals surface area (Å²) in [7, 11) is 0. The van der Waals surface area contributed by atoms with E-state index >= 15 is 0 Å². The van der Waals surface area contributed by atoms with Crippen LogP contribution in [0.15, 0.2) is 86.6 Å². The van der Waals surface area contributed by atoms with Crippen molar-refractivity contribution in [1.29, 1.82) is 0 Å². The number of nitrogens with one attached hydrogen (secondary N) is 1. The summed E-state index contributed by atoms with van der Waals surface area (Å²) in [4.78, 5) is 23.9. The van der Waals surface area contributed by atoms with Gasteiger partial charge < -0.3 is 18.9 Å². The first kappa shape index (κ1) is 17.6. The lowest BCUT2D eigenvalue weighted by Gasteiger charge is -2.09. The van der Waals surface area contributed by atoms with Crippen LogP contribution < -0.4 is 15.7 Å². The topological polar surface area (TPSA) is 81.7 Å². The highest BCUT2D eigenvalue weighted by atomic mass is 16.5. The zero-order valence-corrected chi connectivity index (χ0v) is 14.9. The van der Waals surface area contributed by atoms with Crippen molar-refractivity contribution in [2.45, 2.75) is 6.54 Å². The Balaban J connectivity index is 1.50. The number of hydrogen-bond acceptors (Lipinski definition) is 5. The Bertz CT molecular complexity index is 1150. The number of furan rings is 1. The van der Waals surface area contributed by atoms with Crippen molar-refractivity contribution in [2.75, 3.05) is 6.61 Å². The number of benzene rings is 2. The zero-order chi connectivity index (χ0) is 19.3. The second-order valence-electron chi connectivity index (χ2n) is 6.15. The lowest BCUT2D eigenvalue weighted by molar-refractivity contribution is -0.123. The van der Waals surface area contributed by atoms with Gasteiger partial charge in [-0.25, -0.2) is 4.79 Å². The molecule has 0 bridgehead atoms. The predicted molar refractivity (Wildman–Crippen MR) is 104 cm³/mol. The Morgan fingerprint density at radius 1 is 1.00 bits per heavy atom. The molecule has 6 nitrogen and oxygen atoms in total. The van der Waals surface area contributed by atoms with E-state index in [4.69, 9.17) is 13.6 Å². The molecule has 1 N–H and O–H groups in total. The Morgan fingerprint density at radius 2 is 1.86 bits per heavy atom. The molecule has 0 unspecified atom stereocenters. The number of fused-ring (bicyclic) bond motifs is 1. The van der Waals surface area contributed by atoms with Crippen LogP contribution in [0.25, 0.3) is 22.1 Å². The van der Waals surface area contributed by atoms with Crippen LogP contribution in [0.3, 0.4) is 0 Å². The van der Waals surface area contributed by atoms with E-state index in [1.165, 1.54) is 6.07 Å². The maximum absolute atomic E-state index is 12.0. The van der Waals surface area contributed by atoms with Gasteiger partial charge in [0.2, 0.25) is 0 Å². The molecule has 2 aromatic heterocycles. The van der Waals surface area contributed by atoms with Crippen molar-refractivity contribution in [3.05, 3.63) is 89.2 Å². The predicted octanol–water partition coefficient (Wildman–Crippen LogP) is 3.75. The van der Waals surface area contributed by atoms with Gasteiger partial charge >= 0.3 is 5.63 Å². The Morgan fingerprint density at radius 3 is 2.64 bits per heavy atom. The van der Waals surface area contributed by atoms with Gasteiger partial charge in [-0.3, -0.25) is 4.79 Å². The van der Waals surface area contributed by atoms with E-state index in [1.54, 1.807) is 30.5 Å². The van der Waals surface area contributed by atoms with Gasteiger partial charge in [0.05, 0.1) is 12.8 Å². The van der Waals surface area contributed by atoms with Crippen LogP contribution in [0, 0.1) is 0 Å². The van der Waals surface area contributed by atoms with Crippen molar-refractivity contribution in [2.24, 2.45) is 0 Å². The van der Waals surface area contributed by atoms with E-state index in [-0.39, 0.29) is 12.5 Å². The SMILES string of the molecule is O=C(COc1ccc2c(-c3ccccc3)cc(=O)oc2c1)NCc1ccco1. The maximum Gasteiger partial charge on any atom is 0.336 e. The Hall–Kier alpha value is -3.80. The van der Waals surface area contributed by atoms with E-state index in [2.05, 4.69) is 5.32 Å². The highest BCUT2D eigenvalue weighted by Crippen LogP contribution is 2.29. The van der Waals surface area contributed by atoms with Crippen LogP contribution in [0.5, 0.6) is 5.75 Å². The van der Waals surface area contributed by atoms with Gasteiger partial charge in [0.1, 0.15) is 17.1 Å². The lowest BCUT2D eigenvalue weighted by atomic mass is 10.0. The summed E-state index contributed by atoms with van der Waals surface area (Å²) in [5, 5.41) is 3.49. The lowest BCUT2D eigenvalue weighted by Crippen LogP contribution is -2.28. The van der Waals surface area contributed by atoms with Gasteiger partial charge in [-0.1, -0.05) is 30.3 Å². The first-order valence-corrected chi connectivity index (χ1v) is 8.74. The number of amides is 1. The monoisotopic (exact) mass is 375 g/mol. The fourth-order valence-corrected chi connectivity index (χ4v) is 2.89. The van der Waals surface area contributed by atoms with Crippen molar-refractivity contribution < 1.29 is 18.4 Å². The molecule has 28 heavy (non-hydrogen) atoms. The molecule has 2 heterocycles. The van der Waals surface area contributed by atoms with E-state index in [0.29, 0.717) is 23.6 Å². The minimum atomic E-state index is -0.445. The molecule has 0 spiro atoms. The summed E-state index contributed by atoms with van der Waals surface area (Å²) >= 11 is 0. The molecule has 0 saturated heterocycles. The van der Waals surface area contributed by atoms with Gasteiger partial charge in [-0.2, -0.15) is 0 Å². The van der Waals surface area contributed by atoms with Gasteiger partial charge in [0.15, 0.2) is 6.61 Å². The minimum absolute atomic E-state index is 0.158. The number of carbonyl (C=O) groups excluding carboxylic acids is 1. The molecule has 2 aromatic carbocycles. The summed E-state index contributed by atoms with van der Waals surface area (Å²) in [5.74, 6) is 0.819. The van der Waals surface area contributed by atoms with Crippen LogP contribution in [-0.4, -0.2) is 12.5 Å². The molecular formula is C22H17NO5. The number of rotatable bonds is 6. The molecular weight excluding hydrogens is 358 g/mol.